The van der Waals surface area contributed by atoms with Gasteiger partial charge in [-0.25, -0.2) is 0 Å². The van der Waals surface area contributed by atoms with E-state index in [0.717, 1.165) is 12.8 Å². The van der Waals surface area contributed by atoms with Crippen LogP contribution in [0, 0.1) is 0 Å². The van der Waals surface area contributed by atoms with Crippen molar-refractivity contribution < 1.29 is 0 Å². The molecule has 0 amide bonds. The van der Waals surface area contributed by atoms with Gasteiger partial charge in [0.2, 0.25) is 0 Å². The van der Waals surface area contributed by atoms with Crippen LogP contribution in [0.25, 0.3) is 100 Å². The third-order valence-electron chi connectivity index (χ3n) is 14.9. The fraction of sp³-hybridized carbons (Fsp3) is 0.0938. The van der Waals surface area contributed by atoms with Crippen molar-refractivity contribution in [3.8, 4) is 55.9 Å². The van der Waals surface area contributed by atoms with E-state index in [4.69, 9.17) is 0 Å². The molecule has 2 aromatic heterocycles. The molecular weight excluding hydrogens is 797 g/mol. The SMILES string of the molecule is CC1c2cc3c4c(n(-c5ccccc5)c3cc2-c2cc3c(cc2C1C)c1cc(-c2ccc(-c5ccccc5)cc2)ccc1n3-c1ccccc1)CCC(c1ccc(-c2ccccc2)cc1)=C4. The van der Waals surface area contributed by atoms with Crippen LogP contribution in [0.2, 0.25) is 0 Å². The van der Waals surface area contributed by atoms with Crippen LogP contribution < -0.4 is 0 Å². The lowest BCUT2D eigenvalue weighted by Crippen LogP contribution is -2.13. The van der Waals surface area contributed by atoms with Crippen molar-refractivity contribution in [2.75, 3.05) is 0 Å². The summed E-state index contributed by atoms with van der Waals surface area (Å²) in [5.74, 6) is 0.670. The number of nitrogens with zero attached hydrogens (tertiary/aromatic N) is 2. The molecule has 2 heteroatoms. The van der Waals surface area contributed by atoms with E-state index in [1.807, 2.05) is 0 Å². The van der Waals surface area contributed by atoms with Crippen LogP contribution in [0.1, 0.15) is 60.1 Å². The lowest BCUT2D eigenvalue weighted by Gasteiger charge is -2.32. The zero-order valence-corrected chi connectivity index (χ0v) is 37.2. The zero-order chi connectivity index (χ0) is 43.9. The molecule has 0 bridgehead atoms. The Labute approximate surface area is 386 Å². The van der Waals surface area contributed by atoms with E-state index in [1.54, 1.807) is 0 Å². The predicted octanol–water partition coefficient (Wildman–Crippen LogP) is 17.1. The Kier molecular flexibility index (Phi) is 8.96. The van der Waals surface area contributed by atoms with Crippen LogP contribution in [-0.2, 0) is 6.42 Å². The number of para-hydroxylation sites is 2. The molecule has 0 radical (unpaired) electrons. The van der Waals surface area contributed by atoms with Gasteiger partial charge in [0.15, 0.2) is 0 Å². The zero-order valence-electron chi connectivity index (χ0n) is 37.2. The molecule has 0 N–H and O–H groups in total. The Hall–Kier alpha value is -7.94. The summed E-state index contributed by atoms with van der Waals surface area (Å²) in [5.41, 5.74) is 24.6. The minimum atomic E-state index is 0.333. The van der Waals surface area contributed by atoms with Crippen LogP contribution in [0.4, 0.5) is 0 Å². The maximum absolute atomic E-state index is 2.57. The Morgan fingerprint density at radius 2 is 0.773 bits per heavy atom. The van der Waals surface area contributed by atoms with Crippen molar-refractivity contribution in [1.82, 2.24) is 9.13 Å². The van der Waals surface area contributed by atoms with Crippen LogP contribution in [0.3, 0.4) is 0 Å². The molecule has 13 rings (SSSR count). The van der Waals surface area contributed by atoms with Crippen molar-refractivity contribution in [3.05, 3.63) is 240 Å². The van der Waals surface area contributed by atoms with Gasteiger partial charge in [0, 0.05) is 38.8 Å². The molecule has 0 fully saturated rings. The summed E-state index contributed by atoms with van der Waals surface area (Å²) in [6, 6.07) is 78.7. The third kappa shape index (κ3) is 6.16. The predicted molar refractivity (Wildman–Crippen MR) is 279 cm³/mol. The van der Waals surface area contributed by atoms with Crippen LogP contribution in [0.15, 0.2) is 212 Å². The summed E-state index contributed by atoms with van der Waals surface area (Å²) in [7, 11) is 0. The third-order valence-corrected chi connectivity index (χ3v) is 14.9. The molecule has 0 saturated carbocycles. The first-order valence-corrected chi connectivity index (χ1v) is 23.5. The highest BCUT2D eigenvalue weighted by atomic mass is 15.0. The fourth-order valence-corrected chi connectivity index (χ4v) is 11.3. The van der Waals surface area contributed by atoms with Gasteiger partial charge in [-0.1, -0.05) is 166 Å². The monoisotopic (exact) mass is 844 g/mol. The van der Waals surface area contributed by atoms with Gasteiger partial charge in [-0.3, -0.25) is 0 Å². The molecular formula is C64H48N2. The smallest absolute Gasteiger partial charge is 0.0547 e. The number of rotatable bonds is 6. The maximum Gasteiger partial charge on any atom is 0.0547 e. The molecule has 0 aliphatic heterocycles. The second-order valence-corrected chi connectivity index (χ2v) is 18.5. The largest absolute Gasteiger partial charge is 0.313 e. The molecule has 11 aromatic rings. The van der Waals surface area contributed by atoms with Gasteiger partial charge in [0.25, 0.3) is 0 Å². The maximum atomic E-state index is 2.57. The lowest BCUT2D eigenvalue weighted by atomic mass is 9.72. The summed E-state index contributed by atoms with van der Waals surface area (Å²) in [5, 5.41) is 3.93. The molecule has 0 spiro atoms. The standard InChI is InChI=1S/C64H48N2/c1-41-42(2)54-38-60-58-36-50(48-29-25-46(26-30-48)44-17-9-4-10-18-44)32-34-62(58)66(52-21-13-6-14-22-52)64(60)40-56(54)55-39-63-59(37-53(41)55)57-35-49(31-33-61(57)65(63)51-19-11-5-12-20-51)47-27-23-45(24-28-47)43-15-7-3-8-16-43/h3-31,33,35-42H,32,34H2,1-2H3. The minimum absolute atomic E-state index is 0.333. The summed E-state index contributed by atoms with van der Waals surface area (Å²) >= 11 is 0. The van der Waals surface area contributed by atoms with Crippen molar-refractivity contribution in [2.45, 2.75) is 38.5 Å². The van der Waals surface area contributed by atoms with Crippen molar-refractivity contribution >= 4 is 44.4 Å². The van der Waals surface area contributed by atoms with E-state index in [-0.39, 0.29) is 0 Å². The highest BCUT2D eigenvalue weighted by molar-refractivity contribution is 6.12. The highest BCUT2D eigenvalue weighted by Crippen LogP contribution is 2.52. The van der Waals surface area contributed by atoms with E-state index in [1.165, 1.54) is 122 Å². The summed E-state index contributed by atoms with van der Waals surface area (Å²) < 4.78 is 5.05. The number of aromatic nitrogens is 2. The summed E-state index contributed by atoms with van der Waals surface area (Å²) in [6.07, 6.45) is 4.48. The van der Waals surface area contributed by atoms with Gasteiger partial charge in [-0.05, 0) is 158 Å². The van der Waals surface area contributed by atoms with Crippen molar-refractivity contribution in [2.24, 2.45) is 0 Å². The quantitative estimate of drug-likeness (QED) is 0.158. The number of fused-ring (bicyclic) bond motifs is 9. The van der Waals surface area contributed by atoms with Gasteiger partial charge in [0.05, 0.1) is 16.6 Å². The Balaban J connectivity index is 0.989. The first kappa shape index (κ1) is 38.5. The van der Waals surface area contributed by atoms with E-state index >= 15 is 0 Å². The molecule has 2 atom stereocenters. The lowest BCUT2D eigenvalue weighted by molar-refractivity contribution is 0.617. The van der Waals surface area contributed by atoms with Gasteiger partial charge >= 0.3 is 0 Å². The van der Waals surface area contributed by atoms with E-state index in [0.29, 0.717) is 11.8 Å². The topological polar surface area (TPSA) is 9.86 Å². The number of benzene rings is 9. The first-order valence-electron chi connectivity index (χ1n) is 23.5. The number of allylic oxidation sites excluding steroid dienone is 1. The van der Waals surface area contributed by atoms with E-state index in [9.17, 15) is 0 Å². The normalized spacial score (nSPS) is 15.4. The molecule has 9 aromatic carbocycles. The average Bonchev–Trinajstić information content (AvgIpc) is 3.89. The second-order valence-electron chi connectivity index (χ2n) is 18.5. The highest BCUT2D eigenvalue weighted by Gasteiger charge is 2.32. The molecule has 0 saturated heterocycles. The van der Waals surface area contributed by atoms with Gasteiger partial charge in [0.1, 0.15) is 0 Å². The van der Waals surface area contributed by atoms with Gasteiger partial charge in [-0.2, -0.15) is 0 Å². The summed E-state index contributed by atoms with van der Waals surface area (Å²) in [6.45, 7) is 4.89. The molecule has 314 valence electrons. The van der Waals surface area contributed by atoms with Crippen LogP contribution in [-0.4, -0.2) is 9.13 Å². The fourth-order valence-electron chi connectivity index (χ4n) is 11.3. The molecule has 2 aliphatic carbocycles. The molecule has 2 nitrogen and oxygen atoms in total. The minimum Gasteiger partial charge on any atom is -0.313 e. The average molecular weight is 845 g/mol. The molecule has 2 aliphatic rings. The van der Waals surface area contributed by atoms with Gasteiger partial charge < -0.3 is 9.13 Å². The molecule has 2 unspecified atom stereocenters. The molecule has 66 heavy (non-hydrogen) atoms. The molecule has 2 heterocycles. The Morgan fingerprint density at radius 3 is 1.33 bits per heavy atom. The summed E-state index contributed by atoms with van der Waals surface area (Å²) in [4.78, 5) is 0. The Morgan fingerprint density at radius 1 is 0.348 bits per heavy atom. The first-order chi connectivity index (χ1) is 32.6. The second kappa shape index (κ2) is 15.4. The number of hydrogen-bond donors (Lipinski definition) is 0. The van der Waals surface area contributed by atoms with Crippen LogP contribution >= 0.6 is 0 Å². The number of hydrogen-bond acceptors (Lipinski definition) is 0. The van der Waals surface area contributed by atoms with E-state index in [2.05, 4.69) is 241 Å². The Bertz CT molecular complexity index is 3670. The van der Waals surface area contributed by atoms with Crippen molar-refractivity contribution in [1.29, 1.82) is 0 Å². The van der Waals surface area contributed by atoms with Crippen molar-refractivity contribution in [3.63, 3.8) is 0 Å². The van der Waals surface area contributed by atoms with Gasteiger partial charge in [-0.15, -0.1) is 0 Å². The van der Waals surface area contributed by atoms with Crippen LogP contribution in [0.5, 0.6) is 0 Å². The van der Waals surface area contributed by atoms with E-state index < -0.39 is 0 Å².